The lowest BCUT2D eigenvalue weighted by Crippen LogP contribution is -2.37. The van der Waals surface area contributed by atoms with E-state index in [0.717, 1.165) is 11.1 Å². The van der Waals surface area contributed by atoms with Crippen LogP contribution in [0.3, 0.4) is 0 Å². The molecule has 2 rings (SSSR count). The number of benzene rings is 2. The van der Waals surface area contributed by atoms with Gasteiger partial charge in [-0.05, 0) is 24.6 Å². The Bertz CT molecular complexity index is 632. The lowest BCUT2D eigenvalue weighted by molar-refractivity contribution is 0.236. The second kappa shape index (κ2) is 8.02. The Hall–Kier alpha value is -2.56. The molecule has 0 unspecified atom stereocenters. The summed E-state index contributed by atoms with van der Waals surface area (Å²) in [4.78, 5) is 11.6. The maximum Gasteiger partial charge on any atom is 0.315 e. The third-order valence-electron chi connectivity index (χ3n) is 2.99. The minimum absolute atomic E-state index is 0.260. The molecular formula is C17H19FN2O2. The van der Waals surface area contributed by atoms with Crippen molar-refractivity contribution in [1.82, 2.24) is 10.6 Å². The molecule has 0 saturated carbocycles. The summed E-state index contributed by atoms with van der Waals surface area (Å²) < 4.78 is 18.3. The van der Waals surface area contributed by atoms with Crippen molar-refractivity contribution in [3.05, 3.63) is 65.5 Å². The van der Waals surface area contributed by atoms with Crippen LogP contribution in [0.4, 0.5) is 9.18 Å². The molecule has 0 aliphatic heterocycles. The first kappa shape index (κ1) is 15.8. The number of aryl methyl sites for hydroxylation is 1. The average Bonchev–Trinajstić information content (AvgIpc) is 2.50. The molecule has 0 aliphatic rings. The number of halogens is 1. The predicted molar refractivity (Wildman–Crippen MR) is 83.3 cm³/mol. The highest BCUT2D eigenvalue weighted by atomic mass is 19.1. The van der Waals surface area contributed by atoms with Crippen molar-refractivity contribution in [3.8, 4) is 5.75 Å². The topological polar surface area (TPSA) is 50.4 Å². The van der Waals surface area contributed by atoms with Gasteiger partial charge in [0.2, 0.25) is 0 Å². The number of nitrogens with one attached hydrogen (secondary N) is 2. The number of urea groups is 1. The van der Waals surface area contributed by atoms with Crippen LogP contribution < -0.4 is 15.4 Å². The molecule has 5 heteroatoms. The number of carbonyl (C=O) groups is 1. The average molecular weight is 302 g/mol. The third-order valence-corrected chi connectivity index (χ3v) is 2.99. The lowest BCUT2D eigenvalue weighted by atomic mass is 10.1. The minimum Gasteiger partial charge on any atom is -0.492 e. The molecule has 0 radical (unpaired) electrons. The summed E-state index contributed by atoms with van der Waals surface area (Å²) in [6.07, 6.45) is 0. The molecule has 0 saturated heterocycles. The van der Waals surface area contributed by atoms with Crippen molar-refractivity contribution >= 4 is 6.03 Å². The quantitative estimate of drug-likeness (QED) is 0.806. The summed E-state index contributed by atoms with van der Waals surface area (Å²) in [5, 5.41) is 5.45. The van der Waals surface area contributed by atoms with Gasteiger partial charge in [0.1, 0.15) is 18.2 Å². The van der Waals surface area contributed by atoms with E-state index in [1.165, 1.54) is 12.1 Å². The standard InChI is InChI=1S/C17H19FN2O2/c1-13-4-2-5-14(10-13)12-20-17(21)19-8-9-22-16-7-3-6-15(18)11-16/h2-7,10-11H,8-9,12H2,1H3,(H2,19,20,21). The fourth-order valence-corrected chi connectivity index (χ4v) is 1.96. The molecule has 0 heterocycles. The van der Waals surface area contributed by atoms with Gasteiger partial charge >= 0.3 is 6.03 Å². The Morgan fingerprint density at radius 3 is 2.73 bits per heavy atom. The number of rotatable bonds is 6. The fraction of sp³-hybridized carbons (Fsp3) is 0.235. The van der Waals surface area contributed by atoms with Gasteiger partial charge in [-0.25, -0.2) is 9.18 Å². The Morgan fingerprint density at radius 1 is 1.14 bits per heavy atom. The maximum atomic E-state index is 12.9. The van der Waals surface area contributed by atoms with Crippen molar-refractivity contribution in [3.63, 3.8) is 0 Å². The molecule has 0 aliphatic carbocycles. The molecule has 0 bridgehead atoms. The summed E-state index contributed by atoms with van der Waals surface area (Å²) in [6, 6.07) is 13.6. The Balaban J connectivity index is 1.63. The van der Waals surface area contributed by atoms with Gasteiger partial charge in [0.25, 0.3) is 0 Å². The highest BCUT2D eigenvalue weighted by molar-refractivity contribution is 5.73. The monoisotopic (exact) mass is 302 g/mol. The first-order chi connectivity index (χ1) is 10.6. The van der Waals surface area contributed by atoms with Crippen LogP contribution in [0.2, 0.25) is 0 Å². The van der Waals surface area contributed by atoms with E-state index < -0.39 is 0 Å². The van der Waals surface area contributed by atoms with Gasteiger partial charge in [-0.1, -0.05) is 35.9 Å². The first-order valence-corrected chi connectivity index (χ1v) is 7.09. The molecule has 2 N–H and O–H groups in total. The molecule has 2 aromatic rings. The van der Waals surface area contributed by atoms with E-state index in [-0.39, 0.29) is 18.5 Å². The van der Waals surface area contributed by atoms with Crippen molar-refractivity contribution in [2.24, 2.45) is 0 Å². The minimum atomic E-state index is -0.346. The van der Waals surface area contributed by atoms with E-state index in [2.05, 4.69) is 10.6 Å². The summed E-state index contributed by atoms with van der Waals surface area (Å²) in [6.45, 7) is 3.10. The lowest BCUT2D eigenvalue weighted by Gasteiger charge is -2.09. The van der Waals surface area contributed by atoms with Crippen LogP contribution in [0.1, 0.15) is 11.1 Å². The van der Waals surface area contributed by atoms with E-state index in [1.54, 1.807) is 12.1 Å². The Morgan fingerprint density at radius 2 is 1.95 bits per heavy atom. The number of hydrogen-bond donors (Lipinski definition) is 2. The predicted octanol–water partition coefficient (Wildman–Crippen LogP) is 3.01. The van der Waals surface area contributed by atoms with E-state index in [4.69, 9.17) is 4.74 Å². The second-order valence-electron chi connectivity index (χ2n) is 4.90. The molecule has 116 valence electrons. The van der Waals surface area contributed by atoms with E-state index in [1.807, 2.05) is 31.2 Å². The van der Waals surface area contributed by atoms with Gasteiger partial charge < -0.3 is 15.4 Å². The largest absolute Gasteiger partial charge is 0.492 e. The van der Waals surface area contributed by atoms with E-state index >= 15 is 0 Å². The normalized spacial score (nSPS) is 10.1. The molecule has 2 amide bonds. The molecule has 0 atom stereocenters. The molecule has 22 heavy (non-hydrogen) atoms. The van der Waals surface area contributed by atoms with Gasteiger partial charge in [0.15, 0.2) is 0 Å². The van der Waals surface area contributed by atoms with Crippen LogP contribution in [0.25, 0.3) is 0 Å². The first-order valence-electron chi connectivity index (χ1n) is 7.09. The molecule has 4 nitrogen and oxygen atoms in total. The van der Waals surface area contributed by atoms with Crippen LogP contribution in [-0.4, -0.2) is 19.2 Å². The second-order valence-corrected chi connectivity index (χ2v) is 4.90. The van der Waals surface area contributed by atoms with Gasteiger partial charge in [-0.3, -0.25) is 0 Å². The van der Waals surface area contributed by atoms with E-state index in [9.17, 15) is 9.18 Å². The molecule has 0 aromatic heterocycles. The van der Waals surface area contributed by atoms with Gasteiger partial charge in [-0.2, -0.15) is 0 Å². The molecule has 0 fully saturated rings. The summed E-state index contributed by atoms with van der Waals surface area (Å²) >= 11 is 0. The van der Waals surface area contributed by atoms with Crippen LogP contribution in [0, 0.1) is 12.7 Å². The number of hydrogen-bond acceptors (Lipinski definition) is 2. The fourth-order valence-electron chi connectivity index (χ4n) is 1.96. The van der Waals surface area contributed by atoms with Gasteiger partial charge in [-0.15, -0.1) is 0 Å². The summed E-state index contributed by atoms with van der Waals surface area (Å²) in [7, 11) is 0. The van der Waals surface area contributed by atoms with Gasteiger partial charge in [0.05, 0.1) is 6.54 Å². The third kappa shape index (κ3) is 5.44. The zero-order valence-corrected chi connectivity index (χ0v) is 12.4. The van der Waals surface area contributed by atoms with E-state index in [0.29, 0.717) is 18.8 Å². The van der Waals surface area contributed by atoms with Crippen LogP contribution in [0.5, 0.6) is 5.75 Å². The van der Waals surface area contributed by atoms with Crippen LogP contribution >= 0.6 is 0 Å². The number of carbonyl (C=O) groups excluding carboxylic acids is 1. The van der Waals surface area contributed by atoms with Gasteiger partial charge in [0, 0.05) is 12.6 Å². The SMILES string of the molecule is Cc1cccc(CNC(=O)NCCOc2cccc(F)c2)c1. The van der Waals surface area contributed by atoms with Crippen molar-refractivity contribution in [1.29, 1.82) is 0 Å². The highest BCUT2D eigenvalue weighted by Gasteiger charge is 2.01. The van der Waals surface area contributed by atoms with Crippen molar-refractivity contribution < 1.29 is 13.9 Å². The Labute approximate surface area is 129 Å². The number of amides is 2. The maximum absolute atomic E-state index is 12.9. The zero-order chi connectivity index (χ0) is 15.8. The molecular weight excluding hydrogens is 283 g/mol. The van der Waals surface area contributed by atoms with Crippen LogP contribution in [0.15, 0.2) is 48.5 Å². The molecule has 2 aromatic carbocycles. The van der Waals surface area contributed by atoms with Crippen molar-refractivity contribution in [2.45, 2.75) is 13.5 Å². The summed E-state index contributed by atoms with van der Waals surface area (Å²) in [5.41, 5.74) is 2.20. The molecule has 0 spiro atoms. The summed E-state index contributed by atoms with van der Waals surface area (Å²) in [5.74, 6) is 0.100. The Kier molecular flexibility index (Phi) is 5.77. The highest BCUT2D eigenvalue weighted by Crippen LogP contribution is 2.11. The zero-order valence-electron chi connectivity index (χ0n) is 12.4. The van der Waals surface area contributed by atoms with Crippen molar-refractivity contribution in [2.75, 3.05) is 13.2 Å². The smallest absolute Gasteiger partial charge is 0.315 e. The number of ether oxygens (including phenoxy) is 1. The van der Waals surface area contributed by atoms with Crippen LogP contribution in [-0.2, 0) is 6.54 Å².